The van der Waals surface area contributed by atoms with E-state index in [1.54, 1.807) is 0 Å². The highest BCUT2D eigenvalue weighted by molar-refractivity contribution is 6.19. The molecule has 1 aliphatic carbocycles. The summed E-state index contributed by atoms with van der Waals surface area (Å²) in [6, 6.07) is 67.2. The first-order valence-corrected chi connectivity index (χ1v) is 19.6. The van der Waals surface area contributed by atoms with Crippen molar-refractivity contribution in [3.05, 3.63) is 199 Å². The Kier molecular flexibility index (Phi) is 7.52. The van der Waals surface area contributed by atoms with Crippen LogP contribution in [-0.4, -0.2) is 15.0 Å². The minimum absolute atomic E-state index is 0.0238. The highest BCUT2D eigenvalue weighted by Crippen LogP contribution is 2.49. The van der Waals surface area contributed by atoms with Crippen molar-refractivity contribution in [2.24, 2.45) is 0 Å². The van der Waals surface area contributed by atoms with Crippen molar-refractivity contribution in [2.45, 2.75) is 19.3 Å². The average Bonchev–Trinajstić information content (AvgIpc) is 3.51. The molecule has 0 bridgehead atoms. The second-order valence-corrected chi connectivity index (χ2v) is 15.6. The zero-order valence-electron chi connectivity index (χ0n) is 31.7. The third-order valence-electron chi connectivity index (χ3n) is 11.9. The maximum Gasteiger partial charge on any atom is 0.165 e. The second kappa shape index (κ2) is 12.9. The van der Waals surface area contributed by atoms with Crippen molar-refractivity contribution in [2.75, 3.05) is 0 Å². The zero-order valence-corrected chi connectivity index (χ0v) is 31.7. The summed E-state index contributed by atoms with van der Waals surface area (Å²) in [5.74, 6) is 1.93. The van der Waals surface area contributed by atoms with Crippen molar-refractivity contribution < 1.29 is 0 Å². The number of hydrogen-bond acceptors (Lipinski definition) is 3. The van der Waals surface area contributed by atoms with Gasteiger partial charge in [-0.25, -0.2) is 15.0 Å². The van der Waals surface area contributed by atoms with E-state index in [-0.39, 0.29) is 5.41 Å². The topological polar surface area (TPSA) is 38.7 Å². The maximum atomic E-state index is 5.37. The van der Waals surface area contributed by atoms with Gasteiger partial charge >= 0.3 is 0 Å². The van der Waals surface area contributed by atoms with E-state index in [4.69, 9.17) is 15.0 Å². The first-order chi connectivity index (χ1) is 28.0. The highest BCUT2D eigenvalue weighted by atomic mass is 15.0. The van der Waals surface area contributed by atoms with Crippen LogP contribution >= 0.6 is 0 Å². The lowest BCUT2D eigenvalue weighted by molar-refractivity contribution is 0.660. The fraction of sp³-hybridized carbons (Fsp3) is 0.0556. The minimum Gasteiger partial charge on any atom is -0.208 e. The van der Waals surface area contributed by atoms with E-state index in [1.165, 1.54) is 44.0 Å². The van der Waals surface area contributed by atoms with Gasteiger partial charge in [0.05, 0.1) is 0 Å². The van der Waals surface area contributed by atoms with Gasteiger partial charge in [-0.3, -0.25) is 0 Å². The summed E-state index contributed by atoms with van der Waals surface area (Å²) >= 11 is 0. The van der Waals surface area contributed by atoms with Crippen molar-refractivity contribution in [3.8, 4) is 67.5 Å². The van der Waals surface area contributed by atoms with Gasteiger partial charge in [0.2, 0.25) is 0 Å². The molecule has 0 spiro atoms. The van der Waals surface area contributed by atoms with Crippen LogP contribution in [0.4, 0.5) is 0 Å². The highest BCUT2D eigenvalue weighted by Gasteiger charge is 2.35. The number of nitrogens with zero attached hydrogens (tertiary/aromatic N) is 3. The van der Waals surface area contributed by atoms with Gasteiger partial charge in [-0.15, -0.1) is 0 Å². The molecule has 1 aliphatic rings. The second-order valence-electron chi connectivity index (χ2n) is 15.6. The standard InChI is InChI=1S/C54H37N3/c1-54(2)48-23-13-12-21-43(48)47-32-38(29-31-49(47)54)34-24-26-37(27-25-34)51-55-52(45-22-11-10-18-40(45)35-14-4-3-5-15-35)57-53(56-51)50-42-20-9-7-17-39(42)33-46-41-19-8-6-16-36(41)28-30-44(46)50/h3-33H,1-2H3. The first kappa shape index (κ1) is 33.1. The number of hydrogen-bond donors (Lipinski definition) is 0. The molecule has 1 heterocycles. The number of benzene rings is 9. The lowest BCUT2D eigenvalue weighted by Gasteiger charge is -2.21. The molecule has 3 nitrogen and oxygen atoms in total. The van der Waals surface area contributed by atoms with Gasteiger partial charge in [0, 0.05) is 22.1 Å². The van der Waals surface area contributed by atoms with Crippen molar-refractivity contribution in [1.82, 2.24) is 15.0 Å². The Morgan fingerprint density at radius 2 is 0.912 bits per heavy atom. The third-order valence-corrected chi connectivity index (χ3v) is 11.9. The van der Waals surface area contributed by atoms with Crippen LogP contribution in [0.15, 0.2) is 188 Å². The summed E-state index contributed by atoms with van der Waals surface area (Å²) in [7, 11) is 0. The third kappa shape index (κ3) is 5.38. The van der Waals surface area contributed by atoms with Gasteiger partial charge in [0.25, 0.3) is 0 Å². The lowest BCUT2D eigenvalue weighted by Crippen LogP contribution is -2.14. The Hall–Kier alpha value is -7.23. The molecular formula is C54H37N3. The quantitative estimate of drug-likeness (QED) is 0.131. The Morgan fingerprint density at radius 3 is 1.74 bits per heavy atom. The van der Waals surface area contributed by atoms with E-state index in [0.717, 1.165) is 49.5 Å². The molecule has 10 aromatic rings. The van der Waals surface area contributed by atoms with Gasteiger partial charge in [-0.05, 0) is 89.0 Å². The van der Waals surface area contributed by atoms with Crippen molar-refractivity contribution in [1.29, 1.82) is 0 Å². The molecule has 11 rings (SSSR count). The molecule has 9 aromatic carbocycles. The predicted octanol–water partition coefficient (Wildman–Crippen LogP) is 14.0. The summed E-state index contributed by atoms with van der Waals surface area (Å²) in [6.07, 6.45) is 0. The number of fused-ring (bicyclic) bond motifs is 7. The summed E-state index contributed by atoms with van der Waals surface area (Å²) in [4.78, 5) is 16.0. The number of rotatable bonds is 5. The van der Waals surface area contributed by atoms with Gasteiger partial charge < -0.3 is 0 Å². The Balaban J connectivity index is 1.11. The van der Waals surface area contributed by atoms with E-state index < -0.39 is 0 Å². The molecule has 0 unspecified atom stereocenters. The molecular weight excluding hydrogens is 691 g/mol. The van der Waals surface area contributed by atoms with Crippen LogP contribution in [0.1, 0.15) is 25.0 Å². The maximum absolute atomic E-state index is 5.37. The van der Waals surface area contributed by atoms with Crippen LogP contribution in [0.2, 0.25) is 0 Å². The van der Waals surface area contributed by atoms with Crippen LogP contribution in [0.25, 0.3) is 99.9 Å². The van der Waals surface area contributed by atoms with E-state index in [9.17, 15) is 0 Å². The fourth-order valence-electron chi connectivity index (χ4n) is 9.06. The largest absolute Gasteiger partial charge is 0.208 e. The predicted molar refractivity (Wildman–Crippen MR) is 237 cm³/mol. The Morgan fingerprint density at radius 1 is 0.316 bits per heavy atom. The summed E-state index contributed by atoms with van der Waals surface area (Å²) in [5, 5.41) is 6.96. The van der Waals surface area contributed by atoms with Crippen LogP contribution in [0.3, 0.4) is 0 Å². The van der Waals surface area contributed by atoms with E-state index >= 15 is 0 Å². The zero-order chi connectivity index (χ0) is 38.1. The Bertz CT molecular complexity index is 3200. The van der Waals surface area contributed by atoms with Gasteiger partial charge in [-0.2, -0.15) is 0 Å². The average molecular weight is 728 g/mol. The normalized spacial score (nSPS) is 12.9. The first-order valence-electron chi connectivity index (χ1n) is 19.6. The van der Waals surface area contributed by atoms with Crippen LogP contribution in [-0.2, 0) is 5.41 Å². The van der Waals surface area contributed by atoms with E-state index in [2.05, 4.69) is 196 Å². The molecule has 0 amide bonds. The summed E-state index contributed by atoms with van der Waals surface area (Å²) in [6.45, 7) is 4.65. The summed E-state index contributed by atoms with van der Waals surface area (Å²) in [5.41, 5.74) is 12.8. The number of aromatic nitrogens is 3. The SMILES string of the molecule is CC1(C)c2ccccc2-c2cc(-c3ccc(-c4nc(-c5ccccc5-c5ccccc5)nc(-c5c6ccccc6cc6c5ccc5ccccc56)n4)cc3)ccc21. The lowest BCUT2D eigenvalue weighted by atomic mass is 9.82. The summed E-state index contributed by atoms with van der Waals surface area (Å²) < 4.78 is 0. The molecule has 0 atom stereocenters. The molecule has 268 valence electrons. The molecule has 1 aromatic heterocycles. The Labute approximate surface area is 332 Å². The molecule has 0 saturated carbocycles. The molecule has 0 saturated heterocycles. The molecule has 3 heteroatoms. The van der Waals surface area contributed by atoms with Crippen LogP contribution < -0.4 is 0 Å². The van der Waals surface area contributed by atoms with E-state index in [1.807, 2.05) is 6.07 Å². The fourth-order valence-corrected chi connectivity index (χ4v) is 9.06. The molecule has 57 heavy (non-hydrogen) atoms. The smallest absolute Gasteiger partial charge is 0.165 e. The van der Waals surface area contributed by atoms with Crippen molar-refractivity contribution >= 4 is 32.3 Å². The van der Waals surface area contributed by atoms with Crippen LogP contribution in [0, 0.1) is 0 Å². The minimum atomic E-state index is -0.0238. The van der Waals surface area contributed by atoms with Gasteiger partial charge in [0.1, 0.15) is 0 Å². The molecule has 0 aliphatic heterocycles. The monoisotopic (exact) mass is 727 g/mol. The molecule has 0 N–H and O–H groups in total. The van der Waals surface area contributed by atoms with Crippen LogP contribution in [0.5, 0.6) is 0 Å². The molecule has 0 fully saturated rings. The van der Waals surface area contributed by atoms with Gasteiger partial charge in [-0.1, -0.05) is 190 Å². The van der Waals surface area contributed by atoms with Crippen molar-refractivity contribution in [3.63, 3.8) is 0 Å². The van der Waals surface area contributed by atoms with Gasteiger partial charge in [0.15, 0.2) is 17.5 Å². The van der Waals surface area contributed by atoms with E-state index in [0.29, 0.717) is 17.5 Å². The molecule has 0 radical (unpaired) electrons.